The summed E-state index contributed by atoms with van der Waals surface area (Å²) in [6.45, 7) is 3.67. The Morgan fingerprint density at radius 3 is 2.61 bits per heavy atom. The van der Waals surface area contributed by atoms with Gasteiger partial charge < -0.3 is 20.9 Å². The second-order valence-electron chi connectivity index (χ2n) is 4.71. The maximum Gasteiger partial charge on any atom is 0.255 e. The molecule has 0 unspecified atom stereocenters. The van der Waals surface area contributed by atoms with Gasteiger partial charge >= 0.3 is 0 Å². The minimum Gasteiger partial charge on any atom is -0.399 e. The fourth-order valence-corrected chi connectivity index (χ4v) is 2.14. The molecule has 0 aromatic heterocycles. The van der Waals surface area contributed by atoms with Crippen molar-refractivity contribution in [3.63, 3.8) is 0 Å². The highest BCUT2D eigenvalue weighted by Gasteiger charge is 2.19. The van der Waals surface area contributed by atoms with Crippen molar-refractivity contribution in [3.8, 4) is 0 Å². The van der Waals surface area contributed by atoms with Gasteiger partial charge in [-0.05, 0) is 18.2 Å². The van der Waals surface area contributed by atoms with Gasteiger partial charge in [-0.1, -0.05) is 0 Å². The highest BCUT2D eigenvalue weighted by atomic mass is 16.2. The van der Waals surface area contributed by atoms with Crippen LogP contribution >= 0.6 is 0 Å². The molecule has 1 aromatic rings. The number of carbonyl (C=O) groups is 1. The van der Waals surface area contributed by atoms with Crippen molar-refractivity contribution in [2.45, 2.75) is 0 Å². The smallest absolute Gasteiger partial charge is 0.255 e. The molecule has 0 bridgehead atoms. The van der Waals surface area contributed by atoms with Crippen LogP contribution in [0.4, 0.5) is 11.4 Å². The van der Waals surface area contributed by atoms with Crippen LogP contribution in [0.5, 0.6) is 0 Å². The minimum absolute atomic E-state index is 0.0172. The van der Waals surface area contributed by atoms with Gasteiger partial charge in [0.15, 0.2) is 0 Å². The third-order valence-corrected chi connectivity index (χ3v) is 3.12. The number of piperazine rings is 1. The number of hydrogen-bond acceptors (Lipinski definition) is 4. The summed E-state index contributed by atoms with van der Waals surface area (Å²) in [5.74, 6) is 0.0172. The summed E-state index contributed by atoms with van der Waals surface area (Å²) in [6.07, 6.45) is 0. The third kappa shape index (κ3) is 2.56. The van der Waals surface area contributed by atoms with Gasteiger partial charge in [-0.3, -0.25) is 4.79 Å². The second kappa shape index (κ2) is 5.27. The Hall–Kier alpha value is -1.75. The predicted octanol–water partition coefficient (Wildman–Crippen LogP) is 0.380. The van der Waals surface area contributed by atoms with Gasteiger partial charge in [0.25, 0.3) is 5.91 Å². The molecule has 3 N–H and O–H groups in total. The summed E-state index contributed by atoms with van der Waals surface area (Å²) in [5, 5.41) is 3.30. The van der Waals surface area contributed by atoms with Gasteiger partial charge in [0.1, 0.15) is 0 Å². The van der Waals surface area contributed by atoms with Crippen LogP contribution < -0.4 is 16.0 Å². The van der Waals surface area contributed by atoms with E-state index >= 15 is 0 Å². The number of carbonyl (C=O) groups excluding carboxylic acids is 1. The number of nitrogen functional groups attached to an aromatic ring is 1. The van der Waals surface area contributed by atoms with E-state index in [1.807, 2.05) is 12.1 Å². The monoisotopic (exact) mass is 248 g/mol. The molecule has 5 nitrogen and oxygen atoms in total. The van der Waals surface area contributed by atoms with Crippen LogP contribution in [0.25, 0.3) is 0 Å². The average molecular weight is 248 g/mol. The summed E-state index contributed by atoms with van der Waals surface area (Å²) in [7, 11) is 3.53. The first kappa shape index (κ1) is 12.7. The molecule has 1 aliphatic rings. The van der Waals surface area contributed by atoms with Crippen molar-refractivity contribution in [1.82, 2.24) is 10.2 Å². The van der Waals surface area contributed by atoms with E-state index in [1.54, 1.807) is 25.1 Å². The molecule has 0 radical (unpaired) electrons. The van der Waals surface area contributed by atoms with Gasteiger partial charge in [0.05, 0.1) is 11.3 Å². The maximum absolute atomic E-state index is 12.2. The lowest BCUT2D eigenvalue weighted by atomic mass is 10.1. The molecular weight excluding hydrogens is 228 g/mol. The highest BCUT2D eigenvalue weighted by molar-refractivity contribution is 6.00. The Kier molecular flexibility index (Phi) is 3.72. The molecule has 1 saturated heterocycles. The Morgan fingerprint density at radius 1 is 1.33 bits per heavy atom. The van der Waals surface area contributed by atoms with Crippen molar-refractivity contribution < 1.29 is 4.79 Å². The molecule has 18 heavy (non-hydrogen) atoms. The molecule has 5 heteroatoms. The van der Waals surface area contributed by atoms with Crippen LogP contribution in [0.2, 0.25) is 0 Å². The second-order valence-corrected chi connectivity index (χ2v) is 4.71. The summed E-state index contributed by atoms with van der Waals surface area (Å²) in [6, 6.07) is 5.49. The lowest BCUT2D eigenvalue weighted by Crippen LogP contribution is -2.44. The zero-order chi connectivity index (χ0) is 13.1. The van der Waals surface area contributed by atoms with Crippen molar-refractivity contribution in [2.75, 3.05) is 50.9 Å². The molecule has 0 saturated carbocycles. The first-order chi connectivity index (χ1) is 8.59. The Bertz CT molecular complexity index is 439. The van der Waals surface area contributed by atoms with E-state index in [0.717, 1.165) is 37.4 Å². The van der Waals surface area contributed by atoms with E-state index in [9.17, 15) is 4.79 Å². The third-order valence-electron chi connectivity index (χ3n) is 3.12. The number of hydrogen-bond donors (Lipinski definition) is 2. The first-order valence-corrected chi connectivity index (χ1v) is 6.16. The Morgan fingerprint density at radius 2 is 2.00 bits per heavy atom. The van der Waals surface area contributed by atoms with Crippen LogP contribution in [0.15, 0.2) is 18.2 Å². The van der Waals surface area contributed by atoms with E-state index in [1.165, 1.54) is 0 Å². The zero-order valence-corrected chi connectivity index (χ0v) is 10.9. The quantitative estimate of drug-likeness (QED) is 0.743. The molecule has 98 valence electrons. The standard InChI is InChI=1S/C13H20N4O/c1-16(2)13(18)11-4-3-10(14)9-12(11)17-7-5-15-6-8-17/h3-4,9,15H,5-8,14H2,1-2H3. The largest absolute Gasteiger partial charge is 0.399 e. The van der Waals surface area contributed by atoms with Gasteiger partial charge in [0.2, 0.25) is 0 Å². The minimum atomic E-state index is 0.0172. The molecular formula is C13H20N4O. The molecule has 2 rings (SSSR count). The number of nitrogens with two attached hydrogens (primary N) is 1. The van der Waals surface area contributed by atoms with Crippen LogP contribution in [-0.4, -0.2) is 51.1 Å². The molecule has 1 fully saturated rings. The summed E-state index contributed by atoms with van der Waals surface area (Å²) >= 11 is 0. The lowest BCUT2D eigenvalue weighted by molar-refractivity contribution is 0.0828. The first-order valence-electron chi connectivity index (χ1n) is 6.16. The van der Waals surface area contributed by atoms with Crippen LogP contribution in [0, 0.1) is 0 Å². The van der Waals surface area contributed by atoms with E-state index < -0.39 is 0 Å². The van der Waals surface area contributed by atoms with Gasteiger partial charge in [-0.2, -0.15) is 0 Å². The summed E-state index contributed by atoms with van der Waals surface area (Å²) in [4.78, 5) is 16.0. The summed E-state index contributed by atoms with van der Waals surface area (Å²) < 4.78 is 0. The fraction of sp³-hybridized carbons (Fsp3) is 0.462. The van der Waals surface area contributed by atoms with E-state index in [4.69, 9.17) is 5.73 Å². The predicted molar refractivity (Wildman–Crippen MR) is 74.0 cm³/mol. The molecule has 1 aromatic carbocycles. The number of benzene rings is 1. The van der Waals surface area contributed by atoms with Crippen LogP contribution in [0.1, 0.15) is 10.4 Å². The van der Waals surface area contributed by atoms with Gasteiger partial charge in [0, 0.05) is 46.0 Å². The topological polar surface area (TPSA) is 61.6 Å². The number of rotatable bonds is 2. The van der Waals surface area contributed by atoms with E-state index in [-0.39, 0.29) is 5.91 Å². The molecule has 1 heterocycles. The zero-order valence-electron chi connectivity index (χ0n) is 10.9. The van der Waals surface area contributed by atoms with Gasteiger partial charge in [-0.25, -0.2) is 0 Å². The molecule has 0 atom stereocenters. The normalized spacial score (nSPS) is 15.6. The molecule has 1 amide bonds. The molecule has 0 aliphatic carbocycles. The Labute approximate surface area is 108 Å². The van der Waals surface area contributed by atoms with Gasteiger partial charge in [-0.15, -0.1) is 0 Å². The number of anilines is 2. The number of nitrogens with one attached hydrogen (secondary N) is 1. The molecule has 0 spiro atoms. The summed E-state index contributed by atoms with van der Waals surface area (Å²) in [5.41, 5.74) is 8.20. The molecule has 1 aliphatic heterocycles. The van der Waals surface area contributed by atoms with Crippen LogP contribution in [0.3, 0.4) is 0 Å². The average Bonchev–Trinajstić information content (AvgIpc) is 2.39. The van der Waals surface area contributed by atoms with E-state index in [2.05, 4.69) is 10.2 Å². The maximum atomic E-state index is 12.2. The number of nitrogens with zero attached hydrogens (tertiary/aromatic N) is 2. The highest BCUT2D eigenvalue weighted by Crippen LogP contribution is 2.25. The fourth-order valence-electron chi connectivity index (χ4n) is 2.14. The van der Waals surface area contributed by atoms with E-state index in [0.29, 0.717) is 5.69 Å². The number of amides is 1. The van der Waals surface area contributed by atoms with Crippen LogP contribution in [-0.2, 0) is 0 Å². The van der Waals surface area contributed by atoms with Crippen molar-refractivity contribution in [1.29, 1.82) is 0 Å². The van der Waals surface area contributed by atoms with Crippen molar-refractivity contribution in [2.24, 2.45) is 0 Å². The van der Waals surface area contributed by atoms with Crippen molar-refractivity contribution >= 4 is 17.3 Å². The lowest BCUT2D eigenvalue weighted by Gasteiger charge is -2.31. The van der Waals surface area contributed by atoms with Crippen molar-refractivity contribution in [3.05, 3.63) is 23.8 Å². The Balaban J connectivity index is 2.36. The SMILES string of the molecule is CN(C)C(=O)c1ccc(N)cc1N1CCNCC1.